The second-order valence-electron chi connectivity index (χ2n) is 5.97. The van der Waals surface area contributed by atoms with E-state index in [0.29, 0.717) is 16.3 Å². The predicted molar refractivity (Wildman–Crippen MR) is 109 cm³/mol. The van der Waals surface area contributed by atoms with Crippen LogP contribution in [0.4, 0.5) is 5.82 Å². The van der Waals surface area contributed by atoms with Crippen LogP contribution in [0.3, 0.4) is 0 Å². The van der Waals surface area contributed by atoms with Gasteiger partial charge in [-0.25, -0.2) is 4.98 Å². The van der Waals surface area contributed by atoms with Crippen molar-refractivity contribution in [1.82, 2.24) is 4.98 Å². The van der Waals surface area contributed by atoms with Crippen molar-refractivity contribution in [3.8, 4) is 40.5 Å². The van der Waals surface area contributed by atoms with Crippen molar-refractivity contribution in [2.75, 3.05) is 12.8 Å². The molecule has 2 aromatic carbocycles. The minimum Gasteiger partial charge on any atom is -0.504 e. The molecule has 3 aromatic rings. The number of hydrogen-bond acceptors (Lipinski definition) is 8. The first-order valence-electron chi connectivity index (χ1n) is 8.40. The summed E-state index contributed by atoms with van der Waals surface area (Å²) in [7, 11) is 1.33. The lowest BCUT2D eigenvalue weighted by Gasteiger charge is -2.15. The summed E-state index contributed by atoms with van der Waals surface area (Å²) in [5, 5.41) is 39.7. The van der Waals surface area contributed by atoms with E-state index >= 15 is 0 Å². The number of nitriles is 2. The van der Waals surface area contributed by atoms with E-state index in [1.54, 1.807) is 0 Å². The van der Waals surface area contributed by atoms with Gasteiger partial charge in [0, 0.05) is 11.3 Å². The van der Waals surface area contributed by atoms with Crippen LogP contribution in [0.15, 0.2) is 47.5 Å². The van der Waals surface area contributed by atoms with E-state index in [-0.39, 0.29) is 28.3 Å². The maximum atomic E-state index is 10.0. The predicted octanol–water partition coefficient (Wildman–Crippen LogP) is 3.79. The molecule has 0 unspecified atom stereocenters. The van der Waals surface area contributed by atoms with E-state index in [9.17, 15) is 20.7 Å². The number of phenols is 2. The van der Waals surface area contributed by atoms with Gasteiger partial charge in [-0.1, -0.05) is 30.3 Å². The first-order chi connectivity index (χ1) is 14.0. The third kappa shape index (κ3) is 3.88. The van der Waals surface area contributed by atoms with Crippen molar-refractivity contribution < 1.29 is 14.9 Å². The molecule has 3 rings (SSSR count). The molecule has 0 aliphatic heterocycles. The summed E-state index contributed by atoms with van der Waals surface area (Å²) in [6.07, 6.45) is 0. The molecule has 29 heavy (non-hydrogen) atoms. The lowest BCUT2D eigenvalue weighted by atomic mass is 9.96. The molecule has 0 radical (unpaired) electrons. The molecule has 0 atom stereocenters. The van der Waals surface area contributed by atoms with Gasteiger partial charge in [-0.2, -0.15) is 10.5 Å². The molecule has 1 heterocycles. The zero-order valence-electron chi connectivity index (χ0n) is 15.4. The molecule has 0 spiro atoms. The van der Waals surface area contributed by atoms with Crippen LogP contribution in [-0.4, -0.2) is 22.3 Å². The molecule has 0 fully saturated rings. The Hall–Kier alpha value is -3.88. The Morgan fingerprint density at radius 2 is 1.79 bits per heavy atom. The SMILES string of the molecule is COc1cc(-c2c(C#N)c(N)nc(SCc3ccccc3)c2C#N)cc(O)c1O. The molecule has 0 saturated heterocycles. The lowest BCUT2D eigenvalue weighted by Crippen LogP contribution is -2.03. The fourth-order valence-corrected chi connectivity index (χ4v) is 3.76. The van der Waals surface area contributed by atoms with E-state index in [1.807, 2.05) is 36.4 Å². The smallest absolute Gasteiger partial charge is 0.200 e. The average molecular weight is 404 g/mol. The minimum atomic E-state index is -0.444. The van der Waals surface area contributed by atoms with Crippen LogP contribution in [0.2, 0.25) is 0 Å². The van der Waals surface area contributed by atoms with Crippen molar-refractivity contribution in [3.05, 3.63) is 59.2 Å². The van der Waals surface area contributed by atoms with Gasteiger partial charge in [0.2, 0.25) is 5.75 Å². The number of nitrogen functional groups attached to an aromatic ring is 1. The van der Waals surface area contributed by atoms with Gasteiger partial charge in [-0.05, 0) is 23.3 Å². The van der Waals surface area contributed by atoms with Gasteiger partial charge in [0.25, 0.3) is 0 Å². The molecule has 4 N–H and O–H groups in total. The Balaban J connectivity index is 2.18. The van der Waals surface area contributed by atoms with E-state index in [4.69, 9.17) is 10.5 Å². The largest absolute Gasteiger partial charge is 0.504 e. The Kier molecular flexibility index (Phi) is 5.77. The van der Waals surface area contributed by atoms with Crippen molar-refractivity contribution >= 4 is 17.6 Å². The van der Waals surface area contributed by atoms with Crippen molar-refractivity contribution in [3.63, 3.8) is 0 Å². The molecule has 7 nitrogen and oxygen atoms in total. The zero-order valence-corrected chi connectivity index (χ0v) is 16.2. The first-order valence-corrected chi connectivity index (χ1v) is 9.39. The van der Waals surface area contributed by atoms with Crippen LogP contribution >= 0.6 is 11.8 Å². The molecule has 0 saturated carbocycles. The highest BCUT2D eigenvalue weighted by Crippen LogP contribution is 2.43. The van der Waals surface area contributed by atoms with Crippen LogP contribution in [0.1, 0.15) is 16.7 Å². The Morgan fingerprint density at radius 1 is 1.10 bits per heavy atom. The summed E-state index contributed by atoms with van der Waals surface area (Å²) in [4.78, 5) is 4.25. The fourth-order valence-electron chi connectivity index (χ4n) is 2.81. The van der Waals surface area contributed by atoms with E-state index in [1.165, 1.54) is 31.0 Å². The van der Waals surface area contributed by atoms with Gasteiger partial charge in [-0.15, -0.1) is 11.8 Å². The summed E-state index contributed by atoms with van der Waals surface area (Å²) in [5.41, 5.74) is 7.74. The number of rotatable bonds is 5. The quantitative estimate of drug-likeness (QED) is 0.432. The van der Waals surface area contributed by atoms with Crippen molar-refractivity contribution in [1.29, 1.82) is 10.5 Å². The monoisotopic (exact) mass is 404 g/mol. The van der Waals surface area contributed by atoms with E-state index < -0.39 is 11.5 Å². The Bertz CT molecular complexity index is 1150. The highest BCUT2D eigenvalue weighted by Gasteiger charge is 2.22. The van der Waals surface area contributed by atoms with Crippen LogP contribution in [0.25, 0.3) is 11.1 Å². The van der Waals surface area contributed by atoms with Gasteiger partial charge in [-0.3, -0.25) is 0 Å². The number of aromatic hydroxyl groups is 2. The Labute approximate surface area is 171 Å². The second-order valence-corrected chi connectivity index (χ2v) is 6.94. The lowest BCUT2D eigenvalue weighted by molar-refractivity contribution is 0.351. The number of benzene rings is 2. The number of hydrogen-bond donors (Lipinski definition) is 3. The summed E-state index contributed by atoms with van der Waals surface area (Å²) in [6.45, 7) is 0. The molecular weight excluding hydrogens is 388 g/mol. The van der Waals surface area contributed by atoms with Gasteiger partial charge in [0.05, 0.1) is 12.7 Å². The van der Waals surface area contributed by atoms with E-state index in [0.717, 1.165) is 5.56 Å². The van der Waals surface area contributed by atoms with Gasteiger partial charge in [0.1, 0.15) is 28.5 Å². The summed E-state index contributed by atoms with van der Waals surface area (Å²) in [6, 6.07) is 16.4. The molecule has 0 aliphatic rings. The normalized spacial score (nSPS) is 10.2. The second kappa shape index (κ2) is 8.42. The maximum Gasteiger partial charge on any atom is 0.200 e. The average Bonchev–Trinajstić information content (AvgIpc) is 2.74. The number of anilines is 1. The first kappa shape index (κ1) is 19.9. The number of nitrogens with two attached hydrogens (primary N) is 1. The highest BCUT2D eigenvalue weighted by atomic mass is 32.2. The van der Waals surface area contributed by atoms with Crippen molar-refractivity contribution in [2.45, 2.75) is 10.8 Å². The molecule has 144 valence electrons. The zero-order chi connectivity index (χ0) is 21.0. The summed E-state index contributed by atoms with van der Waals surface area (Å²) >= 11 is 1.32. The molecule has 1 aromatic heterocycles. The van der Waals surface area contributed by atoms with Crippen LogP contribution in [-0.2, 0) is 5.75 Å². The standard InChI is InChI=1S/C21H16N4O3S/c1-28-17-8-13(7-16(26)19(17)27)18-14(9-22)20(24)25-21(15(18)10-23)29-11-12-5-3-2-4-6-12/h2-8,26-27H,11H2,1H3,(H2,24,25). The Morgan fingerprint density at radius 3 is 2.41 bits per heavy atom. The van der Waals surface area contributed by atoms with Gasteiger partial charge in [0.15, 0.2) is 11.5 Å². The number of methoxy groups -OCH3 is 1. The molecule has 8 heteroatoms. The van der Waals surface area contributed by atoms with Crippen LogP contribution in [0.5, 0.6) is 17.2 Å². The molecule has 0 bridgehead atoms. The third-order valence-electron chi connectivity index (χ3n) is 4.20. The number of nitrogens with zero attached hydrogens (tertiary/aromatic N) is 3. The number of aromatic nitrogens is 1. The number of thioether (sulfide) groups is 1. The topological polar surface area (TPSA) is 136 Å². The number of pyridine rings is 1. The van der Waals surface area contributed by atoms with Gasteiger partial charge < -0.3 is 20.7 Å². The number of phenolic OH excluding ortho intramolecular Hbond substituents is 2. The highest BCUT2D eigenvalue weighted by molar-refractivity contribution is 7.98. The van der Waals surface area contributed by atoms with Crippen molar-refractivity contribution in [2.24, 2.45) is 0 Å². The van der Waals surface area contributed by atoms with E-state index in [2.05, 4.69) is 11.1 Å². The molecule has 0 aliphatic carbocycles. The number of ether oxygens (including phenoxy) is 1. The summed E-state index contributed by atoms with van der Waals surface area (Å²) < 4.78 is 5.07. The summed E-state index contributed by atoms with van der Waals surface area (Å²) in [5.74, 6) is -0.350. The molecule has 0 amide bonds. The van der Waals surface area contributed by atoms with Gasteiger partial charge >= 0.3 is 0 Å². The van der Waals surface area contributed by atoms with Crippen LogP contribution < -0.4 is 10.5 Å². The third-order valence-corrected chi connectivity index (χ3v) is 5.24. The van der Waals surface area contributed by atoms with Crippen LogP contribution in [0, 0.1) is 22.7 Å². The fraction of sp³-hybridized carbons (Fsp3) is 0.0952. The molecular formula is C21H16N4O3S. The maximum absolute atomic E-state index is 10.0. The minimum absolute atomic E-state index is 0.00153.